The van der Waals surface area contributed by atoms with Crippen molar-refractivity contribution in [3.63, 3.8) is 0 Å². The zero-order valence-corrected chi connectivity index (χ0v) is 11.8. The van der Waals surface area contributed by atoms with Gasteiger partial charge in [0.15, 0.2) is 0 Å². The van der Waals surface area contributed by atoms with Gasteiger partial charge in [0.1, 0.15) is 0 Å². The molecule has 21 heavy (non-hydrogen) atoms. The van der Waals surface area contributed by atoms with E-state index in [-0.39, 0.29) is 11.3 Å². The van der Waals surface area contributed by atoms with Crippen LogP contribution in [0.2, 0.25) is 0 Å². The summed E-state index contributed by atoms with van der Waals surface area (Å²) in [6.07, 6.45) is 0.616. The van der Waals surface area contributed by atoms with Crippen molar-refractivity contribution < 1.29 is 19.4 Å². The molecule has 0 saturated heterocycles. The van der Waals surface area contributed by atoms with E-state index in [0.29, 0.717) is 43.8 Å². The monoisotopic (exact) mass is 294 g/mol. The van der Waals surface area contributed by atoms with E-state index in [0.717, 1.165) is 0 Å². The lowest BCUT2D eigenvalue weighted by molar-refractivity contribution is 0.0679. The summed E-state index contributed by atoms with van der Waals surface area (Å²) >= 11 is 0. The number of carbonyl (C=O) groups is 1. The second-order valence-electron chi connectivity index (χ2n) is 4.55. The Morgan fingerprint density at radius 1 is 1.33 bits per heavy atom. The summed E-state index contributed by atoms with van der Waals surface area (Å²) in [6, 6.07) is 4.79. The quantitative estimate of drug-likeness (QED) is 0.711. The Labute approximate surface area is 121 Å². The molecule has 0 amide bonds. The first kappa shape index (κ1) is 15.3. The van der Waals surface area contributed by atoms with Crippen LogP contribution in [-0.4, -0.2) is 47.6 Å². The predicted molar refractivity (Wildman–Crippen MR) is 76.8 cm³/mol. The second-order valence-corrected chi connectivity index (χ2v) is 4.55. The van der Waals surface area contributed by atoms with E-state index in [1.807, 2.05) is 0 Å². The first-order valence-corrected chi connectivity index (χ1v) is 6.66. The van der Waals surface area contributed by atoms with Crippen LogP contribution in [0, 0.1) is 0 Å². The molecular formula is C14H18N2O5. The highest BCUT2D eigenvalue weighted by molar-refractivity contribution is 6.01. The number of rotatable bonds is 8. The van der Waals surface area contributed by atoms with Crippen LogP contribution in [0.4, 0.5) is 0 Å². The number of carboxylic acid groups (broad SMARTS) is 1. The number of imidazole rings is 1. The van der Waals surface area contributed by atoms with Crippen LogP contribution in [0.1, 0.15) is 16.8 Å². The highest BCUT2D eigenvalue weighted by Gasteiger charge is 2.14. The molecule has 1 aromatic heterocycles. The molecule has 1 aromatic carbocycles. The van der Waals surface area contributed by atoms with E-state index in [1.54, 1.807) is 19.2 Å². The smallest absolute Gasteiger partial charge is 0.337 e. The SMILES string of the molecule is COCCOCCCn1c(=O)[nH]c2cccc(C(=O)O)c21. The van der Waals surface area contributed by atoms with Crippen molar-refractivity contribution in [2.75, 3.05) is 26.9 Å². The summed E-state index contributed by atoms with van der Waals surface area (Å²) in [5, 5.41) is 9.22. The summed E-state index contributed by atoms with van der Waals surface area (Å²) in [6.45, 7) is 1.91. The van der Waals surface area contributed by atoms with E-state index >= 15 is 0 Å². The third-order valence-electron chi connectivity index (χ3n) is 3.13. The number of fused-ring (bicyclic) bond motifs is 1. The molecule has 0 radical (unpaired) electrons. The maximum atomic E-state index is 11.9. The Morgan fingerprint density at radius 2 is 2.14 bits per heavy atom. The maximum absolute atomic E-state index is 11.9. The molecule has 0 fully saturated rings. The molecule has 1 heterocycles. The molecule has 7 heteroatoms. The molecule has 0 aliphatic carbocycles. The fraction of sp³-hybridized carbons (Fsp3) is 0.429. The molecule has 0 saturated carbocycles. The van der Waals surface area contributed by atoms with Gasteiger partial charge in [0.25, 0.3) is 0 Å². The standard InChI is InChI=1S/C14H18N2O5/c1-20-8-9-21-7-3-6-16-12-10(13(17)18)4-2-5-11(12)15-14(16)19/h2,4-5H,3,6-9H2,1H3,(H,15,19)(H,17,18). The van der Waals surface area contributed by atoms with Gasteiger partial charge in [0.2, 0.25) is 0 Å². The predicted octanol–water partition coefficient (Wildman–Crippen LogP) is 1.08. The number of ether oxygens (including phenoxy) is 2. The molecule has 2 aromatic rings. The maximum Gasteiger partial charge on any atom is 0.337 e. The van der Waals surface area contributed by atoms with Crippen LogP contribution in [0.5, 0.6) is 0 Å². The lowest BCUT2D eigenvalue weighted by Crippen LogP contribution is -2.19. The van der Waals surface area contributed by atoms with Crippen molar-refractivity contribution in [1.82, 2.24) is 9.55 Å². The molecule has 2 rings (SSSR count). The number of benzene rings is 1. The van der Waals surface area contributed by atoms with Gasteiger partial charge in [-0.05, 0) is 18.6 Å². The van der Waals surface area contributed by atoms with Gasteiger partial charge >= 0.3 is 11.7 Å². The Morgan fingerprint density at radius 3 is 2.86 bits per heavy atom. The van der Waals surface area contributed by atoms with Gasteiger partial charge in [-0.3, -0.25) is 4.57 Å². The van der Waals surface area contributed by atoms with E-state index in [2.05, 4.69) is 4.98 Å². The first-order chi connectivity index (χ1) is 10.1. The number of nitrogens with one attached hydrogen (secondary N) is 1. The van der Waals surface area contributed by atoms with Crippen molar-refractivity contribution in [3.05, 3.63) is 34.2 Å². The summed E-state index contributed by atoms with van der Waals surface area (Å²) in [5.41, 5.74) is 0.758. The molecule has 0 aliphatic heterocycles. The number of methoxy groups -OCH3 is 1. The van der Waals surface area contributed by atoms with Crippen LogP contribution in [0.15, 0.2) is 23.0 Å². The van der Waals surface area contributed by atoms with Crippen LogP contribution < -0.4 is 5.69 Å². The number of para-hydroxylation sites is 1. The normalized spacial score (nSPS) is 11.1. The van der Waals surface area contributed by atoms with Crippen molar-refractivity contribution in [2.24, 2.45) is 0 Å². The number of aryl methyl sites for hydroxylation is 1. The van der Waals surface area contributed by atoms with Gasteiger partial charge in [-0.2, -0.15) is 0 Å². The van der Waals surface area contributed by atoms with Gasteiger partial charge in [-0.1, -0.05) is 6.07 Å². The molecule has 0 bridgehead atoms. The van der Waals surface area contributed by atoms with Gasteiger partial charge in [-0.15, -0.1) is 0 Å². The zero-order valence-electron chi connectivity index (χ0n) is 11.8. The third-order valence-corrected chi connectivity index (χ3v) is 3.13. The van der Waals surface area contributed by atoms with Crippen LogP contribution >= 0.6 is 0 Å². The molecule has 0 spiro atoms. The number of nitrogens with zero attached hydrogens (tertiary/aromatic N) is 1. The minimum Gasteiger partial charge on any atom is -0.478 e. The Balaban J connectivity index is 2.14. The summed E-state index contributed by atoms with van der Waals surface area (Å²) in [4.78, 5) is 25.9. The highest BCUT2D eigenvalue weighted by atomic mass is 16.5. The number of aromatic amines is 1. The molecular weight excluding hydrogens is 276 g/mol. The van der Waals surface area contributed by atoms with Crippen molar-refractivity contribution in [3.8, 4) is 0 Å². The van der Waals surface area contributed by atoms with Gasteiger partial charge in [0.05, 0.1) is 29.8 Å². The minimum absolute atomic E-state index is 0.117. The van der Waals surface area contributed by atoms with E-state index in [4.69, 9.17) is 9.47 Å². The lowest BCUT2D eigenvalue weighted by atomic mass is 10.2. The molecule has 7 nitrogen and oxygen atoms in total. The molecule has 114 valence electrons. The summed E-state index contributed by atoms with van der Waals surface area (Å²) < 4.78 is 11.6. The molecule has 0 unspecified atom stereocenters. The van der Waals surface area contributed by atoms with Gasteiger partial charge in [-0.25, -0.2) is 9.59 Å². The van der Waals surface area contributed by atoms with Gasteiger partial charge in [0, 0.05) is 20.3 Å². The summed E-state index contributed by atoms with van der Waals surface area (Å²) in [7, 11) is 1.60. The van der Waals surface area contributed by atoms with Crippen molar-refractivity contribution >= 4 is 17.0 Å². The van der Waals surface area contributed by atoms with E-state index < -0.39 is 5.97 Å². The number of carboxylic acids is 1. The van der Waals surface area contributed by atoms with Crippen molar-refractivity contribution in [1.29, 1.82) is 0 Å². The number of H-pyrrole nitrogens is 1. The summed E-state index contributed by atoms with van der Waals surface area (Å²) in [5.74, 6) is -1.05. The zero-order chi connectivity index (χ0) is 15.2. The van der Waals surface area contributed by atoms with Crippen LogP contribution in [0.3, 0.4) is 0 Å². The Hall–Kier alpha value is -2.12. The Bertz CT molecular complexity index is 674. The third kappa shape index (κ3) is 3.50. The lowest BCUT2D eigenvalue weighted by Gasteiger charge is -2.06. The fourth-order valence-electron chi connectivity index (χ4n) is 2.17. The van der Waals surface area contributed by atoms with Crippen molar-refractivity contribution in [2.45, 2.75) is 13.0 Å². The number of aromatic carboxylic acids is 1. The van der Waals surface area contributed by atoms with E-state index in [9.17, 15) is 14.7 Å². The van der Waals surface area contributed by atoms with Gasteiger partial charge < -0.3 is 19.6 Å². The second kappa shape index (κ2) is 7.05. The molecule has 0 aliphatic rings. The van der Waals surface area contributed by atoms with E-state index in [1.165, 1.54) is 10.6 Å². The number of aromatic nitrogens is 2. The minimum atomic E-state index is -1.05. The largest absolute Gasteiger partial charge is 0.478 e. The molecule has 0 atom stereocenters. The molecule has 2 N–H and O–H groups in total. The average molecular weight is 294 g/mol. The fourth-order valence-corrected chi connectivity index (χ4v) is 2.17. The van der Waals surface area contributed by atoms with Crippen LogP contribution in [-0.2, 0) is 16.0 Å². The topological polar surface area (TPSA) is 93.5 Å². The Kier molecular flexibility index (Phi) is 5.13. The number of hydrogen-bond acceptors (Lipinski definition) is 4. The first-order valence-electron chi connectivity index (χ1n) is 6.66. The van der Waals surface area contributed by atoms with Crippen LogP contribution in [0.25, 0.3) is 11.0 Å². The average Bonchev–Trinajstić information content (AvgIpc) is 2.78. The number of hydrogen-bond donors (Lipinski definition) is 2. The highest BCUT2D eigenvalue weighted by Crippen LogP contribution is 2.16.